The zero-order valence-corrected chi connectivity index (χ0v) is 17.9. The molecule has 1 N–H and O–H groups in total. The van der Waals surface area contributed by atoms with E-state index in [-0.39, 0.29) is 5.91 Å². The van der Waals surface area contributed by atoms with E-state index >= 15 is 0 Å². The van der Waals surface area contributed by atoms with Crippen LogP contribution in [-0.2, 0) is 11.6 Å². The van der Waals surface area contributed by atoms with Crippen LogP contribution in [0.4, 0.5) is 5.82 Å². The van der Waals surface area contributed by atoms with E-state index in [0.29, 0.717) is 39.9 Å². The van der Waals surface area contributed by atoms with Gasteiger partial charge in [0.25, 0.3) is 5.91 Å². The molecule has 0 aliphatic heterocycles. The van der Waals surface area contributed by atoms with Crippen LogP contribution in [0.3, 0.4) is 0 Å². The Labute approximate surface area is 181 Å². The monoisotopic (exact) mass is 437 g/mol. The molecule has 0 saturated carbocycles. The number of oxazole rings is 1. The number of hydrogen-bond acceptors (Lipinski definition) is 7. The van der Waals surface area contributed by atoms with E-state index < -0.39 is 11.6 Å². The molecule has 2 heterocycles. The van der Waals surface area contributed by atoms with Crippen LogP contribution >= 0.6 is 0 Å². The maximum absolute atomic E-state index is 12.7. The number of nitrogens with zero attached hydrogens (tertiary/aromatic N) is 2. The molecule has 158 valence electrons. The van der Waals surface area contributed by atoms with Gasteiger partial charge in [0.1, 0.15) is 17.1 Å². The number of benzene rings is 2. The third kappa shape index (κ3) is 5.61. The lowest BCUT2D eigenvalue weighted by Gasteiger charge is -2.09. The van der Waals surface area contributed by atoms with Crippen LogP contribution in [0.5, 0.6) is 11.5 Å². The molecule has 0 radical (unpaired) electrons. The average Bonchev–Trinajstić information content (AvgIpc) is 3.12. The molecular formula is C22H19N3O5S. The van der Waals surface area contributed by atoms with Gasteiger partial charge < -0.3 is 14.5 Å². The fourth-order valence-electron chi connectivity index (χ4n) is 2.78. The van der Waals surface area contributed by atoms with Gasteiger partial charge in [-0.05, 0) is 49.7 Å². The number of hydrogen-bond donors (Lipinski definition) is 1. The van der Waals surface area contributed by atoms with Crippen LogP contribution in [0.1, 0.15) is 27.4 Å². The lowest BCUT2D eigenvalue weighted by atomic mass is 10.1. The van der Waals surface area contributed by atoms with Crippen molar-refractivity contribution in [1.29, 1.82) is 0 Å². The normalized spacial score (nSPS) is 10.2. The molecule has 0 unspecified atom stereocenters. The predicted molar refractivity (Wildman–Crippen MR) is 116 cm³/mol. The predicted octanol–water partition coefficient (Wildman–Crippen LogP) is 4.52. The second-order valence-electron chi connectivity index (χ2n) is 6.71. The summed E-state index contributed by atoms with van der Waals surface area (Å²) in [6, 6.07) is 14.6. The van der Waals surface area contributed by atoms with Crippen molar-refractivity contribution in [2.24, 2.45) is 0 Å². The second kappa shape index (κ2) is 9.77. The average molecular weight is 437 g/mol. The minimum Gasteiger partial charge on any atom is -0.453 e. The van der Waals surface area contributed by atoms with Crippen molar-refractivity contribution >= 4 is 34.4 Å². The molecular weight excluding hydrogens is 418 g/mol. The van der Waals surface area contributed by atoms with Gasteiger partial charge in [-0.3, -0.25) is 4.79 Å². The molecule has 0 saturated heterocycles. The first-order valence-corrected chi connectivity index (χ1v) is 9.88. The highest BCUT2D eigenvalue weighted by atomic mass is 32.1. The van der Waals surface area contributed by atoms with E-state index in [4.69, 9.17) is 17.6 Å². The molecule has 0 spiro atoms. The number of fused-ring (bicyclic) bond motifs is 1. The highest BCUT2D eigenvalue weighted by Crippen LogP contribution is 2.32. The molecule has 9 heteroatoms. The van der Waals surface area contributed by atoms with Gasteiger partial charge in [-0.2, -0.15) is 8.42 Å². The number of nitrogens with one attached hydrogen (secondary N) is 1. The van der Waals surface area contributed by atoms with E-state index in [2.05, 4.69) is 15.3 Å². The van der Waals surface area contributed by atoms with E-state index in [1.807, 2.05) is 44.2 Å². The summed E-state index contributed by atoms with van der Waals surface area (Å²) in [4.78, 5) is 21.3. The van der Waals surface area contributed by atoms with Crippen molar-refractivity contribution in [3.05, 3.63) is 77.3 Å². The number of pyridine rings is 1. The first kappa shape index (κ1) is 21.8. The van der Waals surface area contributed by atoms with Gasteiger partial charge >= 0.3 is 11.6 Å². The molecule has 8 nitrogen and oxygen atoms in total. The van der Waals surface area contributed by atoms with Gasteiger partial charge in [-0.15, -0.1) is 0 Å². The molecule has 31 heavy (non-hydrogen) atoms. The third-order valence-corrected chi connectivity index (χ3v) is 4.23. The molecule has 4 aromatic rings. The van der Waals surface area contributed by atoms with Crippen molar-refractivity contribution < 1.29 is 22.4 Å². The van der Waals surface area contributed by atoms with Crippen LogP contribution in [0.25, 0.3) is 11.1 Å². The van der Waals surface area contributed by atoms with E-state index in [1.54, 1.807) is 31.3 Å². The fraction of sp³-hybridized carbons (Fsp3) is 0.136. The molecule has 1 amide bonds. The van der Waals surface area contributed by atoms with Crippen molar-refractivity contribution in [3.8, 4) is 11.5 Å². The van der Waals surface area contributed by atoms with Gasteiger partial charge in [0.05, 0.1) is 0 Å². The molecule has 0 bridgehead atoms. The van der Waals surface area contributed by atoms with Crippen molar-refractivity contribution in [2.75, 3.05) is 5.32 Å². The summed E-state index contributed by atoms with van der Waals surface area (Å²) in [6.07, 6.45) is 1.70. The van der Waals surface area contributed by atoms with Gasteiger partial charge in [0.15, 0.2) is 17.2 Å². The lowest BCUT2D eigenvalue weighted by Crippen LogP contribution is -2.13. The van der Waals surface area contributed by atoms with Crippen LogP contribution in [0, 0.1) is 20.8 Å². The lowest BCUT2D eigenvalue weighted by molar-refractivity contribution is 0.102. The number of rotatable bonds is 4. The maximum Gasteiger partial charge on any atom is 0.335 e. The van der Waals surface area contributed by atoms with Crippen molar-refractivity contribution in [2.45, 2.75) is 20.8 Å². The van der Waals surface area contributed by atoms with Gasteiger partial charge in [-0.1, -0.05) is 23.8 Å². The minimum atomic E-state index is -0.750. The molecule has 0 fully saturated rings. The van der Waals surface area contributed by atoms with E-state index in [1.165, 1.54) is 0 Å². The Morgan fingerprint density at radius 2 is 1.68 bits per heavy atom. The standard InChI is InChI=1S/C22H19N3O3.O2S/c1-13-4-7-17(8-5-13)28-19-11-16(10-18-21(19)27-15(3)24-18)22(26)25-20-9-6-14(2)12-23-20;1-3-2/h4-12H,1-3H3,(H,23,25,26);. The van der Waals surface area contributed by atoms with E-state index in [0.717, 1.165) is 11.1 Å². The SMILES string of the molecule is Cc1ccc(Oc2cc(C(=O)Nc3ccc(C)cn3)cc3nc(C)oc23)cc1.O=S=O. The summed E-state index contributed by atoms with van der Waals surface area (Å²) in [5.41, 5.74) is 3.62. The van der Waals surface area contributed by atoms with E-state index in [9.17, 15) is 4.79 Å². The number of aromatic nitrogens is 2. The summed E-state index contributed by atoms with van der Waals surface area (Å²) in [6.45, 7) is 5.70. The zero-order valence-electron chi connectivity index (χ0n) is 17.0. The number of carbonyl (C=O) groups excluding carboxylic acids is 1. The van der Waals surface area contributed by atoms with Crippen LogP contribution in [-0.4, -0.2) is 24.3 Å². The van der Waals surface area contributed by atoms with Crippen molar-refractivity contribution in [1.82, 2.24) is 9.97 Å². The Kier molecular flexibility index (Phi) is 6.88. The zero-order chi connectivity index (χ0) is 22.4. The number of anilines is 1. The number of ether oxygens (including phenoxy) is 1. The van der Waals surface area contributed by atoms with Crippen LogP contribution in [0.15, 0.2) is 59.1 Å². The Morgan fingerprint density at radius 1 is 1.00 bits per heavy atom. The highest BCUT2D eigenvalue weighted by molar-refractivity contribution is 7.51. The highest BCUT2D eigenvalue weighted by Gasteiger charge is 2.17. The molecule has 4 rings (SSSR count). The number of amides is 1. The maximum atomic E-state index is 12.7. The summed E-state index contributed by atoms with van der Waals surface area (Å²) >= 11 is -0.750. The first-order valence-electron chi connectivity index (χ1n) is 9.21. The quantitative estimate of drug-likeness (QED) is 0.499. The molecule has 0 aliphatic rings. The van der Waals surface area contributed by atoms with Crippen molar-refractivity contribution in [3.63, 3.8) is 0 Å². The molecule has 2 aromatic carbocycles. The second-order valence-corrected chi connectivity index (χ2v) is 6.85. The Hall–Kier alpha value is -3.85. The largest absolute Gasteiger partial charge is 0.453 e. The third-order valence-electron chi connectivity index (χ3n) is 4.23. The van der Waals surface area contributed by atoms with Gasteiger partial charge in [0, 0.05) is 18.7 Å². The summed E-state index contributed by atoms with van der Waals surface area (Å²) in [5.74, 6) is 1.77. The van der Waals surface area contributed by atoms with Gasteiger partial charge in [-0.25, -0.2) is 9.97 Å². The first-order chi connectivity index (χ1) is 14.9. The molecule has 0 aliphatic carbocycles. The Bertz CT molecular complexity index is 1240. The minimum absolute atomic E-state index is 0.298. The fourth-order valence-corrected chi connectivity index (χ4v) is 2.78. The Morgan fingerprint density at radius 3 is 2.32 bits per heavy atom. The summed E-state index contributed by atoms with van der Waals surface area (Å²) in [7, 11) is 0. The smallest absolute Gasteiger partial charge is 0.335 e. The number of carbonyl (C=O) groups is 1. The number of aryl methyl sites for hydroxylation is 3. The molecule has 2 aromatic heterocycles. The summed E-state index contributed by atoms with van der Waals surface area (Å²) in [5, 5.41) is 2.79. The van der Waals surface area contributed by atoms with Crippen LogP contribution in [0.2, 0.25) is 0 Å². The Balaban J connectivity index is 0.000000858. The van der Waals surface area contributed by atoms with Gasteiger partial charge in [0.2, 0.25) is 0 Å². The summed E-state index contributed by atoms with van der Waals surface area (Å²) < 4.78 is 28.3. The van der Waals surface area contributed by atoms with Crippen LogP contribution < -0.4 is 10.1 Å². The topological polar surface area (TPSA) is 111 Å². The molecule has 0 atom stereocenters.